The third-order valence-electron chi connectivity index (χ3n) is 12.9. The van der Waals surface area contributed by atoms with Gasteiger partial charge in [0.15, 0.2) is 5.75 Å². The first-order chi connectivity index (χ1) is 32.8. The molecular weight excluding hydrogens is 982 g/mol. The molecule has 1 heterocycles. The highest BCUT2D eigenvalue weighted by Gasteiger charge is 2.53. The van der Waals surface area contributed by atoms with Crippen LogP contribution in [0.5, 0.6) is 5.75 Å². The number of methoxy groups -OCH3 is 2. The maximum Gasteiger partial charge on any atom is 0.534 e. The molecule has 7 rings (SSSR count). The Morgan fingerprint density at radius 2 is 1.06 bits per heavy atom. The zero-order chi connectivity index (χ0) is 53.2. The highest BCUT2D eigenvalue weighted by Crippen LogP contribution is 2.49. The Labute approximate surface area is 415 Å². The van der Waals surface area contributed by atoms with Gasteiger partial charge in [-0.05, 0) is 135 Å². The predicted octanol–water partition coefficient (Wildman–Crippen LogP) is 14.0. The van der Waals surface area contributed by atoms with Crippen LogP contribution < -0.4 is 9.65 Å². The highest BCUT2D eigenvalue weighted by atomic mass is 32.2. The van der Waals surface area contributed by atoms with Crippen molar-refractivity contribution in [2.75, 3.05) is 14.2 Å². The Balaban J connectivity index is 0.000000236. The molecule has 0 radical (unpaired) electrons. The smallest absolute Gasteiger partial charge is 0.465 e. The van der Waals surface area contributed by atoms with Gasteiger partial charge in [0.05, 0.1) is 36.5 Å². The van der Waals surface area contributed by atoms with Crippen LogP contribution >= 0.6 is 0 Å². The maximum absolute atomic E-state index is 14.5. The fraction of sp³-hybridized carbons (Fsp3) is 0.423. The van der Waals surface area contributed by atoms with Gasteiger partial charge in [0, 0.05) is 27.7 Å². The van der Waals surface area contributed by atoms with E-state index in [9.17, 15) is 57.5 Å². The van der Waals surface area contributed by atoms with E-state index >= 15 is 0 Å². The molecule has 0 unspecified atom stereocenters. The number of ether oxygens (including phenoxy) is 2. The van der Waals surface area contributed by atoms with Crippen molar-refractivity contribution in [3.05, 3.63) is 130 Å². The number of esters is 2. The molecule has 1 fully saturated rings. The lowest BCUT2D eigenvalue weighted by molar-refractivity contribution is -0.0500. The lowest BCUT2D eigenvalue weighted by Gasteiger charge is -2.32. The normalized spacial score (nSPS) is 17.4. The summed E-state index contributed by atoms with van der Waals surface area (Å²) in [5.74, 6) is -2.86. The number of carbonyl (C=O) groups excluding carboxylic acids is 2. The van der Waals surface area contributed by atoms with Crippen molar-refractivity contribution in [1.29, 1.82) is 0 Å². The number of carbonyl (C=O) groups is 2. The number of alkyl halides is 7. The van der Waals surface area contributed by atoms with E-state index < -0.39 is 81.5 Å². The molecule has 1 saturated heterocycles. The van der Waals surface area contributed by atoms with Crippen LogP contribution in [-0.2, 0) is 28.9 Å². The first-order valence-electron chi connectivity index (χ1n) is 22.2. The molecule has 0 N–H and O–H groups in total. The number of hydrogen-bond donors (Lipinski definition) is 0. The molecule has 2 aliphatic carbocycles. The van der Waals surface area contributed by atoms with Crippen molar-refractivity contribution in [2.45, 2.75) is 118 Å². The summed E-state index contributed by atoms with van der Waals surface area (Å²) in [5, 5.41) is 0. The molecule has 0 spiro atoms. The summed E-state index contributed by atoms with van der Waals surface area (Å²) in [7, 11) is -4.33. The minimum Gasteiger partial charge on any atom is -0.465 e. The number of hydrogen-bond acceptors (Lipinski definition) is 9. The van der Waals surface area contributed by atoms with E-state index in [2.05, 4.69) is 28.8 Å². The Bertz CT molecular complexity index is 2800. The van der Waals surface area contributed by atoms with E-state index in [1.54, 1.807) is 18.2 Å². The molecule has 1 aliphatic heterocycles. The van der Waals surface area contributed by atoms with Gasteiger partial charge in [0.2, 0.25) is 0 Å². The molecule has 3 aliphatic rings. The molecule has 72 heavy (non-hydrogen) atoms. The number of allylic oxidation sites excluding steroid dienone is 4. The quantitative estimate of drug-likeness (QED) is 0.0503. The van der Waals surface area contributed by atoms with E-state index in [1.165, 1.54) is 32.4 Å². The van der Waals surface area contributed by atoms with E-state index in [1.807, 2.05) is 41.5 Å². The molecule has 9 nitrogen and oxygen atoms in total. The standard InChI is InChI=1S/C22H21F3O2.C16H17F3O5S.C13H16BF3O2.CH4/c1-22(2)10-4-5-18(22)16-12-14(21(26)27-3)6-8-15(16)17-11-13(20(24)25)7-9-19(17)23;1-15(2)8-4-5-12(15)11-9-10(14(20)23-3)6-7-13(11)24-25(21,22)16(17,18)19;1-12(2)13(3,4)19-14(18-12)9-7-8(11(16)17)5-6-10(9)15;/h5-9,11-12,20H,4,10H2,1-3H3;5-7,9H,4,8H2,1-3H3;5-7,11H,1-4H3;1H4. The number of halogens is 9. The summed E-state index contributed by atoms with van der Waals surface area (Å²) < 4.78 is 166. The van der Waals surface area contributed by atoms with Gasteiger partial charge in [-0.1, -0.05) is 71.5 Å². The highest BCUT2D eigenvalue weighted by molar-refractivity contribution is 7.88. The topological polar surface area (TPSA) is 114 Å². The molecule has 4 aromatic carbocycles. The predicted molar refractivity (Wildman–Crippen MR) is 257 cm³/mol. The van der Waals surface area contributed by atoms with Gasteiger partial charge in [-0.3, -0.25) is 0 Å². The van der Waals surface area contributed by atoms with Crippen LogP contribution in [0.1, 0.15) is 144 Å². The average molecular weight is 1040 g/mol. The van der Waals surface area contributed by atoms with Crippen molar-refractivity contribution >= 4 is 45.8 Å². The molecule has 0 bridgehead atoms. The van der Waals surface area contributed by atoms with Gasteiger partial charge in [0.25, 0.3) is 12.9 Å². The van der Waals surface area contributed by atoms with Crippen molar-refractivity contribution in [2.24, 2.45) is 10.8 Å². The third-order valence-corrected chi connectivity index (χ3v) is 13.9. The summed E-state index contributed by atoms with van der Waals surface area (Å²) in [6, 6.07) is 14.8. The van der Waals surface area contributed by atoms with Crippen molar-refractivity contribution in [3.63, 3.8) is 0 Å². The average Bonchev–Trinajstić information content (AvgIpc) is 3.90. The molecule has 0 atom stereocenters. The summed E-state index contributed by atoms with van der Waals surface area (Å²) in [6.07, 6.45) is 1.71. The van der Waals surface area contributed by atoms with Crippen molar-refractivity contribution < 1.29 is 80.5 Å². The van der Waals surface area contributed by atoms with E-state index in [0.29, 0.717) is 28.7 Å². The number of rotatable bonds is 10. The lowest BCUT2D eigenvalue weighted by atomic mass is 9.78. The zero-order valence-corrected chi connectivity index (χ0v) is 41.4. The largest absolute Gasteiger partial charge is 0.534 e. The van der Waals surface area contributed by atoms with Gasteiger partial charge in [-0.25, -0.2) is 35.9 Å². The Kier molecular flexibility index (Phi) is 18.2. The summed E-state index contributed by atoms with van der Waals surface area (Å²) >= 11 is 0. The molecule has 0 aromatic heterocycles. The lowest BCUT2D eigenvalue weighted by Crippen LogP contribution is -2.41. The second-order valence-electron chi connectivity index (χ2n) is 19.2. The summed E-state index contributed by atoms with van der Waals surface area (Å²) in [4.78, 5) is 23.7. The van der Waals surface area contributed by atoms with Gasteiger partial charge < -0.3 is 23.0 Å². The molecule has 392 valence electrons. The maximum atomic E-state index is 14.5. The molecular formula is C52H58BF9O9S. The zero-order valence-electron chi connectivity index (χ0n) is 40.6. The van der Waals surface area contributed by atoms with Crippen LogP contribution in [0.2, 0.25) is 0 Å². The Morgan fingerprint density at radius 1 is 0.611 bits per heavy atom. The monoisotopic (exact) mass is 1040 g/mol. The van der Waals surface area contributed by atoms with Crippen molar-refractivity contribution in [1.82, 2.24) is 0 Å². The fourth-order valence-electron chi connectivity index (χ4n) is 8.13. The Morgan fingerprint density at radius 3 is 1.50 bits per heavy atom. The Hall–Kier alpha value is -5.60. The molecule has 4 aromatic rings. The van der Waals surface area contributed by atoms with Gasteiger partial charge in [0.1, 0.15) is 11.6 Å². The first kappa shape index (κ1) is 59.0. The van der Waals surface area contributed by atoms with Gasteiger partial charge in [-0.2, -0.15) is 21.6 Å². The minimum absolute atomic E-state index is 0. The second kappa shape index (κ2) is 22.3. The molecule has 20 heteroatoms. The fourth-order valence-corrected chi connectivity index (χ4v) is 8.61. The van der Waals surface area contributed by atoms with Crippen molar-refractivity contribution in [3.8, 4) is 16.9 Å². The van der Waals surface area contributed by atoms with Crippen LogP contribution in [-0.4, -0.2) is 58.4 Å². The molecule has 0 amide bonds. The number of benzene rings is 4. The van der Waals surface area contributed by atoms with Gasteiger partial charge >= 0.3 is 34.7 Å². The minimum atomic E-state index is -5.82. The summed E-state index contributed by atoms with van der Waals surface area (Å²) in [5.41, 5.74) is -4.47. The van der Waals surface area contributed by atoms with Crippen LogP contribution in [0, 0.1) is 22.5 Å². The van der Waals surface area contributed by atoms with E-state index in [0.717, 1.165) is 67.3 Å². The van der Waals surface area contributed by atoms with E-state index in [4.69, 9.17) is 14.0 Å². The van der Waals surface area contributed by atoms with E-state index in [-0.39, 0.29) is 46.1 Å². The van der Waals surface area contributed by atoms with Crippen LogP contribution in [0.15, 0.2) is 84.9 Å². The van der Waals surface area contributed by atoms with Crippen LogP contribution in [0.3, 0.4) is 0 Å². The second-order valence-corrected chi connectivity index (χ2v) is 20.8. The van der Waals surface area contributed by atoms with Crippen LogP contribution in [0.25, 0.3) is 22.3 Å². The first-order valence-corrected chi connectivity index (χ1v) is 23.6. The molecule has 0 saturated carbocycles. The SMILES string of the molecule is C.CC1(C)OB(c2cc(C(F)F)ccc2F)OC1(C)C.COC(=O)c1ccc(-c2cc(C(F)F)ccc2F)c(C2=CCCC2(C)C)c1.COC(=O)c1ccc(OS(=O)(=O)C(F)(F)F)c(C2=CCCC2(C)C)c1. The van der Waals surface area contributed by atoms with Gasteiger partial charge in [-0.15, -0.1) is 0 Å². The third kappa shape index (κ3) is 12.9. The van der Waals surface area contributed by atoms with Crippen LogP contribution in [0.4, 0.5) is 39.5 Å². The summed E-state index contributed by atoms with van der Waals surface area (Å²) in [6.45, 7) is 15.2.